The molecule has 0 rings (SSSR count). The van der Waals surface area contributed by atoms with E-state index in [1.807, 2.05) is 0 Å². The van der Waals surface area contributed by atoms with Crippen LogP contribution < -0.4 is 59.1 Å². The monoisotopic (exact) mass is 314 g/mol. The fourth-order valence-corrected chi connectivity index (χ4v) is 2.30. The Labute approximate surface area is 180 Å². The minimum atomic E-state index is 0. The molecule has 21 heavy (non-hydrogen) atoms. The van der Waals surface area contributed by atoms with E-state index in [1.54, 1.807) is 0 Å². The summed E-state index contributed by atoms with van der Waals surface area (Å²) >= 11 is 0. The average molecular weight is 314 g/mol. The van der Waals surface area contributed by atoms with Crippen molar-refractivity contribution in [1.29, 1.82) is 0 Å². The average Bonchev–Trinajstić information content (AvgIpc) is 2.43. The number of aldehydes is 1. The molecule has 0 radical (unpaired) electrons. The van der Waals surface area contributed by atoms with Crippen LogP contribution in [-0.4, -0.2) is 6.29 Å². The zero-order valence-corrected chi connectivity index (χ0v) is 19.0. The molecule has 0 aromatic carbocycles. The molecule has 0 aliphatic heterocycles. The summed E-state index contributed by atoms with van der Waals surface area (Å²) in [5.74, 6) is 0. The molecule has 0 bridgehead atoms. The SMILES string of the molecule is CCCCCCCC/C=C\CCCCCCCC=O.[H-].[H-].[Na+].[Na+]. The van der Waals surface area contributed by atoms with E-state index in [4.69, 9.17) is 0 Å². The van der Waals surface area contributed by atoms with Crippen LogP contribution in [0.2, 0.25) is 0 Å². The zero-order chi connectivity index (χ0) is 14.0. The third kappa shape index (κ3) is 26.6. The maximum absolute atomic E-state index is 10.1. The second-order valence-electron chi connectivity index (χ2n) is 5.54. The Balaban J connectivity index is -0.000000270. The Morgan fingerprint density at radius 3 is 1.43 bits per heavy atom. The molecule has 1 nitrogen and oxygen atoms in total. The van der Waals surface area contributed by atoms with Gasteiger partial charge in [-0.3, -0.25) is 0 Å². The maximum Gasteiger partial charge on any atom is 1.00 e. The van der Waals surface area contributed by atoms with Crippen molar-refractivity contribution in [2.45, 2.75) is 96.8 Å². The zero-order valence-electron chi connectivity index (χ0n) is 17.0. The van der Waals surface area contributed by atoms with E-state index in [1.165, 1.54) is 77.0 Å². The van der Waals surface area contributed by atoms with Crippen molar-refractivity contribution in [3.8, 4) is 0 Å². The van der Waals surface area contributed by atoms with Gasteiger partial charge >= 0.3 is 59.1 Å². The summed E-state index contributed by atoms with van der Waals surface area (Å²) in [6, 6.07) is 0. The van der Waals surface area contributed by atoms with Gasteiger partial charge in [-0.2, -0.15) is 0 Å². The summed E-state index contributed by atoms with van der Waals surface area (Å²) in [7, 11) is 0. The largest absolute Gasteiger partial charge is 1.00 e. The summed E-state index contributed by atoms with van der Waals surface area (Å²) in [5, 5.41) is 0. The van der Waals surface area contributed by atoms with Crippen molar-refractivity contribution in [3.05, 3.63) is 12.2 Å². The topological polar surface area (TPSA) is 17.1 Å². The number of hydrogen-bond acceptors (Lipinski definition) is 1. The van der Waals surface area contributed by atoms with Gasteiger partial charge in [-0.05, 0) is 32.1 Å². The van der Waals surface area contributed by atoms with E-state index >= 15 is 0 Å². The van der Waals surface area contributed by atoms with Gasteiger partial charge in [0, 0.05) is 6.42 Å². The summed E-state index contributed by atoms with van der Waals surface area (Å²) in [5.41, 5.74) is 0. The van der Waals surface area contributed by atoms with E-state index < -0.39 is 0 Å². The predicted octanol–water partition coefficient (Wildman–Crippen LogP) is 0.456. The molecule has 0 aromatic heterocycles. The summed E-state index contributed by atoms with van der Waals surface area (Å²) in [6.45, 7) is 2.27. The molecule has 0 amide bonds. The van der Waals surface area contributed by atoms with Gasteiger partial charge in [-0.1, -0.05) is 70.4 Å². The third-order valence-electron chi connectivity index (χ3n) is 3.58. The molecule has 0 saturated heterocycles. The second-order valence-corrected chi connectivity index (χ2v) is 5.54. The first-order valence-electron chi connectivity index (χ1n) is 8.50. The number of carbonyl (C=O) groups is 1. The molecule has 0 unspecified atom stereocenters. The van der Waals surface area contributed by atoms with Gasteiger partial charge in [0.2, 0.25) is 0 Å². The van der Waals surface area contributed by atoms with E-state index in [-0.39, 0.29) is 62.0 Å². The smallest absolute Gasteiger partial charge is 1.00 e. The van der Waals surface area contributed by atoms with Gasteiger partial charge in [0.1, 0.15) is 6.29 Å². The molecule has 0 atom stereocenters. The van der Waals surface area contributed by atoms with Crippen molar-refractivity contribution in [3.63, 3.8) is 0 Å². The van der Waals surface area contributed by atoms with Gasteiger partial charge in [0.25, 0.3) is 0 Å². The molecular weight excluding hydrogens is 278 g/mol. The predicted molar refractivity (Wildman–Crippen MR) is 87.7 cm³/mol. The Kier molecular flexibility index (Phi) is 34.2. The summed E-state index contributed by atoms with van der Waals surface area (Å²) in [6.07, 6.45) is 23.6. The maximum atomic E-state index is 10.1. The van der Waals surface area contributed by atoms with Crippen LogP contribution in [0.4, 0.5) is 0 Å². The number of rotatable bonds is 15. The Bertz CT molecular complexity index is 215. The van der Waals surface area contributed by atoms with Crippen LogP contribution >= 0.6 is 0 Å². The molecule has 0 saturated carbocycles. The fourth-order valence-electron chi connectivity index (χ4n) is 2.30. The van der Waals surface area contributed by atoms with Crippen LogP contribution in [0.1, 0.15) is 99.7 Å². The van der Waals surface area contributed by atoms with Crippen molar-refractivity contribution < 1.29 is 66.8 Å². The van der Waals surface area contributed by atoms with Crippen molar-refractivity contribution >= 4 is 6.29 Å². The molecule has 0 spiro atoms. The first-order chi connectivity index (χ1) is 9.41. The molecule has 0 N–H and O–H groups in total. The van der Waals surface area contributed by atoms with Gasteiger partial charge in [0.05, 0.1) is 0 Å². The molecule has 0 aliphatic carbocycles. The first-order valence-corrected chi connectivity index (χ1v) is 8.50. The second kappa shape index (κ2) is 26.3. The Morgan fingerprint density at radius 1 is 0.619 bits per heavy atom. The quantitative estimate of drug-likeness (QED) is 0.186. The van der Waals surface area contributed by atoms with Crippen molar-refractivity contribution in [1.82, 2.24) is 0 Å². The molecule has 0 fully saturated rings. The number of hydrogen-bond donors (Lipinski definition) is 0. The number of unbranched alkanes of at least 4 members (excludes halogenated alkanes) is 12. The first kappa shape index (κ1) is 27.3. The minimum absolute atomic E-state index is 0. The van der Waals surface area contributed by atoms with E-state index in [9.17, 15) is 4.79 Å². The van der Waals surface area contributed by atoms with Crippen molar-refractivity contribution in [2.24, 2.45) is 0 Å². The number of allylic oxidation sites excluding steroid dienone is 2. The summed E-state index contributed by atoms with van der Waals surface area (Å²) < 4.78 is 0. The molecule has 0 heterocycles. The standard InChI is InChI=1S/C18H34O.2Na.2H/c1-2-3-4-5-6-7-8-9-10-11-12-13-14-15-16-17-18-19;;;;/h9-10,18H,2-8,11-17H2,1H3;;;;/q;2*+1;2*-1/b10-9-;;;;. The van der Waals surface area contributed by atoms with Crippen LogP contribution in [0.25, 0.3) is 0 Å². The van der Waals surface area contributed by atoms with Crippen LogP contribution in [0.3, 0.4) is 0 Å². The fraction of sp³-hybridized carbons (Fsp3) is 0.833. The van der Waals surface area contributed by atoms with Crippen LogP contribution in [0, 0.1) is 0 Å². The number of carbonyl (C=O) groups excluding carboxylic acids is 1. The summed E-state index contributed by atoms with van der Waals surface area (Å²) in [4.78, 5) is 10.1. The van der Waals surface area contributed by atoms with E-state index in [0.29, 0.717) is 0 Å². The van der Waals surface area contributed by atoms with Crippen LogP contribution in [0.15, 0.2) is 12.2 Å². The van der Waals surface area contributed by atoms with Crippen LogP contribution in [0.5, 0.6) is 0 Å². The van der Waals surface area contributed by atoms with Crippen molar-refractivity contribution in [2.75, 3.05) is 0 Å². The van der Waals surface area contributed by atoms with Gasteiger partial charge in [-0.25, -0.2) is 0 Å². The molecule has 0 aliphatic rings. The van der Waals surface area contributed by atoms with Gasteiger partial charge in [-0.15, -0.1) is 0 Å². The molecular formula is C18H36Na2O. The van der Waals surface area contributed by atoms with Gasteiger partial charge < -0.3 is 7.65 Å². The normalized spacial score (nSPS) is 10.1. The Hall–Kier alpha value is 1.41. The molecule has 116 valence electrons. The Morgan fingerprint density at radius 2 is 1.00 bits per heavy atom. The molecule has 3 heteroatoms. The third-order valence-corrected chi connectivity index (χ3v) is 3.58. The van der Waals surface area contributed by atoms with E-state index in [0.717, 1.165) is 19.1 Å². The van der Waals surface area contributed by atoms with E-state index in [2.05, 4.69) is 19.1 Å². The molecule has 0 aromatic rings. The van der Waals surface area contributed by atoms with Crippen LogP contribution in [-0.2, 0) is 4.79 Å². The minimum Gasteiger partial charge on any atom is -1.00 e. The van der Waals surface area contributed by atoms with Gasteiger partial charge in [0.15, 0.2) is 0 Å².